The minimum Gasteiger partial charge on any atom is -0.480 e. The zero-order valence-corrected chi connectivity index (χ0v) is 13.0. The molecule has 0 aromatic carbocycles. The second-order valence-corrected chi connectivity index (χ2v) is 8.29. The molecular weight excluding hydrogens is 280 g/mol. The molecule has 2 fully saturated rings. The summed E-state index contributed by atoms with van der Waals surface area (Å²) in [5.41, 5.74) is -0.535. The van der Waals surface area contributed by atoms with E-state index in [1.165, 1.54) is 8.61 Å². The SMILES string of the molecule is CC1(C)CCCN(S(=O)(=O)N2CCCCC2)C1C(=O)O. The molecule has 2 heterocycles. The molecule has 7 heteroatoms. The van der Waals surface area contributed by atoms with Crippen molar-refractivity contribution in [2.24, 2.45) is 5.41 Å². The number of carboxylic acids is 1. The van der Waals surface area contributed by atoms with E-state index < -0.39 is 27.6 Å². The Morgan fingerprint density at radius 1 is 1.10 bits per heavy atom. The molecule has 1 unspecified atom stereocenters. The Labute approximate surface area is 120 Å². The van der Waals surface area contributed by atoms with E-state index in [4.69, 9.17) is 0 Å². The lowest BCUT2D eigenvalue weighted by Gasteiger charge is -2.44. The normalized spacial score (nSPS) is 29.2. The van der Waals surface area contributed by atoms with Gasteiger partial charge in [0, 0.05) is 19.6 Å². The van der Waals surface area contributed by atoms with Gasteiger partial charge in [-0.1, -0.05) is 20.3 Å². The van der Waals surface area contributed by atoms with Crippen molar-refractivity contribution in [2.45, 2.75) is 52.0 Å². The average Bonchev–Trinajstić information content (AvgIpc) is 2.37. The number of hydrogen-bond acceptors (Lipinski definition) is 3. The van der Waals surface area contributed by atoms with Gasteiger partial charge in [0.25, 0.3) is 10.2 Å². The lowest BCUT2D eigenvalue weighted by molar-refractivity contribution is -0.147. The van der Waals surface area contributed by atoms with E-state index in [0.29, 0.717) is 26.1 Å². The molecule has 0 aliphatic carbocycles. The molecule has 20 heavy (non-hydrogen) atoms. The highest BCUT2D eigenvalue weighted by Gasteiger charge is 2.48. The van der Waals surface area contributed by atoms with Gasteiger partial charge in [-0.25, -0.2) is 0 Å². The van der Waals surface area contributed by atoms with E-state index in [9.17, 15) is 18.3 Å². The van der Waals surface area contributed by atoms with Crippen LogP contribution in [0.2, 0.25) is 0 Å². The van der Waals surface area contributed by atoms with E-state index in [1.54, 1.807) is 0 Å². The van der Waals surface area contributed by atoms with Gasteiger partial charge in [0.2, 0.25) is 0 Å². The van der Waals surface area contributed by atoms with Gasteiger partial charge < -0.3 is 5.11 Å². The van der Waals surface area contributed by atoms with Crippen LogP contribution in [-0.2, 0) is 15.0 Å². The molecule has 0 amide bonds. The van der Waals surface area contributed by atoms with Crippen molar-refractivity contribution in [3.63, 3.8) is 0 Å². The number of carboxylic acid groups (broad SMARTS) is 1. The number of piperidine rings is 2. The summed E-state index contributed by atoms with van der Waals surface area (Å²) in [6, 6.07) is -0.969. The number of nitrogens with zero attached hydrogens (tertiary/aromatic N) is 2. The van der Waals surface area contributed by atoms with Crippen molar-refractivity contribution in [1.82, 2.24) is 8.61 Å². The molecule has 2 aliphatic rings. The Hall–Kier alpha value is -0.660. The summed E-state index contributed by atoms with van der Waals surface area (Å²) < 4.78 is 28.1. The van der Waals surface area contributed by atoms with Gasteiger partial charge >= 0.3 is 5.97 Å². The molecule has 2 rings (SSSR count). The van der Waals surface area contributed by atoms with E-state index in [2.05, 4.69) is 0 Å². The molecule has 2 saturated heterocycles. The van der Waals surface area contributed by atoms with Crippen molar-refractivity contribution >= 4 is 16.2 Å². The number of carbonyl (C=O) groups is 1. The summed E-state index contributed by atoms with van der Waals surface area (Å²) in [5.74, 6) is -1.05. The molecule has 6 nitrogen and oxygen atoms in total. The second kappa shape index (κ2) is 5.61. The summed E-state index contributed by atoms with van der Waals surface area (Å²) in [5, 5.41) is 9.48. The van der Waals surface area contributed by atoms with Crippen LogP contribution in [0.5, 0.6) is 0 Å². The van der Waals surface area contributed by atoms with Crippen LogP contribution in [-0.4, -0.2) is 53.8 Å². The van der Waals surface area contributed by atoms with Crippen LogP contribution < -0.4 is 0 Å². The minimum absolute atomic E-state index is 0.305. The first-order valence-electron chi connectivity index (χ1n) is 7.26. The van der Waals surface area contributed by atoms with Crippen LogP contribution in [0.1, 0.15) is 46.0 Å². The molecule has 0 saturated carbocycles. The Balaban J connectivity index is 2.30. The second-order valence-electron chi connectivity index (χ2n) is 6.41. The monoisotopic (exact) mass is 304 g/mol. The van der Waals surface area contributed by atoms with Crippen molar-refractivity contribution in [1.29, 1.82) is 0 Å². The predicted molar refractivity (Wildman–Crippen MR) is 75.5 cm³/mol. The summed E-state index contributed by atoms with van der Waals surface area (Å²) in [4.78, 5) is 11.6. The molecule has 116 valence electrons. The van der Waals surface area contributed by atoms with E-state index >= 15 is 0 Å². The van der Waals surface area contributed by atoms with Crippen molar-refractivity contribution in [3.05, 3.63) is 0 Å². The van der Waals surface area contributed by atoms with Gasteiger partial charge in [-0.3, -0.25) is 4.79 Å². The molecule has 1 N–H and O–H groups in total. The van der Waals surface area contributed by atoms with Gasteiger partial charge in [0.05, 0.1) is 0 Å². The van der Waals surface area contributed by atoms with Crippen LogP contribution in [0.25, 0.3) is 0 Å². The summed E-state index contributed by atoms with van der Waals surface area (Å²) in [7, 11) is -3.66. The third-order valence-electron chi connectivity index (χ3n) is 4.40. The largest absolute Gasteiger partial charge is 0.480 e. The van der Waals surface area contributed by atoms with Crippen LogP contribution in [0.3, 0.4) is 0 Å². The standard InChI is InChI=1S/C13H24N2O4S/c1-13(2)7-6-10-15(11(13)12(16)17)20(18,19)14-8-4-3-5-9-14/h11H,3-10H2,1-2H3,(H,16,17). The molecular formula is C13H24N2O4S. The number of aliphatic carboxylic acids is 1. The number of hydrogen-bond donors (Lipinski definition) is 1. The number of rotatable bonds is 3. The maximum atomic E-state index is 12.7. The fourth-order valence-electron chi connectivity index (χ4n) is 3.30. The summed E-state index contributed by atoms with van der Waals surface area (Å²) in [6.07, 6.45) is 4.20. The average molecular weight is 304 g/mol. The first kappa shape index (κ1) is 15.7. The first-order valence-corrected chi connectivity index (χ1v) is 8.66. The predicted octanol–water partition coefficient (Wildman–Crippen LogP) is 1.29. The zero-order chi connectivity index (χ0) is 15.0. The van der Waals surface area contributed by atoms with Crippen LogP contribution >= 0.6 is 0 Å². The van der Waals surface area contributed by atoms with E-state index in [0.717, 1.165) is 25.7 Å². The molecule has 0 radical (unpaired) electrons. The topological polar surface area (TPSA) is 77.9 Å². The third kappa shape index (κ3) is 2.84. The fraction of sp³-hybridized carbons (Fsp3) is 0.923. The van der Waals surface area contributed by atoms with Gasteiger partial charge in [-0.2, -0.15) is 17.0 Å². The smallest absolute Gasteiger partial charge is 0.322 e. The molecule has 1 atom stereocenters. The fourth-order valence-corrected chi connectivity index (χ4v) is 5.31. The van der Waals surface area contributed by atoms with E-state index in [-0.39, 0.29) is 0 Å². The van der Waals surface area contributed by atoms with Crippen molar-refractivity contribution < 1.29 is 18.3 Å². The van der Waals surface area contributed by atoms with Crippen LogP contribution in [0.4, 0.5) is 0 Å². The molecule has 0 aromatic rings. The molecule has 0 bridgehead atoms. The Bertz CT molecular complexity index is 469. The zero-order valence-electron chi connectivity index (χ0n) is 12.2. The highest BCUT2D eigenvalue weighted by atomic mass is 32.2. The molecule has 2 aliphatic heterocycles. The van der Waals surface area contributed by atoms with Crippen LogP contribution in [0.15, 0.2) is 0 Å². The van der Waals surface area contributed by atoms with Gasteiger partial charge in [0.15, 0.2) is 0 Å². The van der Waals surface area contributed by atoms with Crippen molar-refractivity contribution in [3.8, 4) is 0 Å². The van der Waals surface area contributed by atoms with E-state index in [1.807, 2.05) is 13.8 Å². The quantitative estimate of drug-likeness (QED) is 0.852. The maximum absolute atomic E-state index is 12.7. The summed E-state index contributed by atoms with van der Waals surface area (Å²) in [6.45, 7) is 4.99. The lowest BCUT2D eigenvalue weighted by atomic mass is 9.77. The van der Waals surface area contributed by atoms with Crippen LogP contribution in [0, 0.1) is 5.41 Å². The maximum Gasteiger partial charge on any atom is 0.322 e. The Kier molecular flexibility index (Phi) is 4.41. The highest BCUT2D eigenvalue weighted by molar-refractivity contribution is 7.86. The van der Waals surface area contributed by atoms with Gasteiger partial charge in [-0.05, 0) is 31.1 Å². The van der Waals surface area contributed by atoms with Gasteiger partial charge in [-0.15, -0.1) is 0 Å². The molecule has 0 aromatic heterocycles. The first-order chi connectivity index (χ1) is 9.27. The van der Waals surface area contributed by atoms with Gasteiger partial charge in [0.1, 0.15) is 6.04 Å². The molecule has 0 spiro atoms. The summed E-state index contributed by atoms with van der Waals surface area (Å²) >= 11 is 0. The Morgan fingerprint density at radius 3 is 2.25 bits per heavy atom. The van der Waals surface area contributed by atoms with Crippen molar-refractivity contribution in [2.75, 3.05) is 19.6 Å². The minimum atomic E-state index is -3.66. The Morgan fingerprint density at radius 2 is 1.70 bits per heavy atom. The highest BCUT2D eigenvalue weighted by Crippen LogP contribution is 2.37. The lowest BCUT2D eigenvalue weighted by Crippen LogP contribution is -2.59. The third-order valence-corrected chi connectivity index (χ3v) is 6.40.